The van der Waals surface area contributed by atoms with Crippen molar-refractivity contribution in [3.8, 4) is 44.6 Å². The molecule has 10 aromatic rings. The molecule has 2 aromatic heterocycles. The van der Waals surface area contributed by atoms with Gasteiger partial charge in [-0.2, -0.15) is 0 Å². The summed E-state index contributed by atoms with van der Waals surface area (Å²) in [5.41, 5.74) is 12.5. The molecule has 5 nitrogen and oxygen atoms in total. The molecule has 0 aliphatic heterocycles. The van der Waals surface area contributed by atoms with Crippen LogP contribution in [0.15, 0.2) is 228 Å². The Bertz CT molecular complexity index is 3280. The lowest BCUT2D eigenvalue weighted by atomic mass is 9.88. The number of benzene rings is 8. The van der Waals surface area contributed by atoms with E-state index in [1.165, 1.54) is 0 Å². The molecule has 0 atom stereocenters. The molecular weight excluding hydrogens is 743 g/mol. The van der Waals surface area contributed by atoms with Crippen LogP contribution in [0.1, 0.15) is 16.7 Å². The first-order chi connectivity index (χ1) is 30.2. The Labute approximate surface area is 354 Å². The van der Waals surface area contributed by atoms with Crippen molar-refractivity contribution >= 4 is 50.8 Å². The number of nitrogens with zero attached hydrogens (tertiary/aromatic N) is 5. The van der Waals surface area contributed by atoms with Gasteiger partial charge in [0.05, 0.1) is 17.8 Å². The van der Waals surface area contributed by atoms with Crippen molar-refractivity contribution in [1.29, 1.82) is 0 Å². The normalized spacial score (nSPS) is 11.9. The van der Waals surface area contributed by atoms with E-state index in [1.54, 1.807) is 0 Å². The molecule has 0 radical (unpaired) electrons. The van der Waals surface area contributed by atoms with Crippen LogP contribution in [0.2, 0.25) is 0 Å². The predicted molar refractivity (Wildman–Crippen MR) is 256 cm³/mol. The summed E-state index contributed by atoms with van der Waals surface area (Å²) in [6, 6.07) is 69.6. The van der Waals surface area contributed by atoms with E-state index in [2.05, 4.69) is 150 Å². The third-order valence-electron chi connectivity index (χ3n) is 11.1. The molecule has 0 bridgehead atoms. The smallest absolute Gasteiger partial charge is 0.161 e. The van der Waals surface area contributed by atoms with Gasteiger partial charge in [-0.25, -0.2) is 15.0 Å². The van der Waals surface area contributed by atoms with Gasteiger partial charge in [0.1, 0.15) is 0 Å². The van der Waals surface area contributed by atoms with Gasteiger partial charge in [0.15, 0.2) is 11.7 Å². The monoisotopic (exact) mass is 781 g/mol. The minimum absolute atomic E-state index is 0.386. The zero-order valence-electron chi connectivity index (χ0n) is 33.4. The molecule has 10 rings (SSSR count). The van der Waals surface area contributed by atoms with E-state index in [4.69, 9.17) is 15.0 Å². The summed E-state index contributed by atoms with van der Waals surface area (Å²) in [7, 11) is 0. The molecule has 0 fully saturated rings. The maximum atomic E-state index is 5.27. The molecule has 0 saturated carbocycles. The van der Waals surface area contributed by atoms with Crippen LogP contribution in [-0.2, 0) is 6.54 Å². The highest BCUT2D eigenvalue weighted by molar-refractivity contribution is 6.15. The number of hydrogen-bond acceptors (Lipinski definition) is 3. The Balaban J connectivity index is 1.16. The topological polar surface area (TPSA) is 62.9 Å². The SMILES string of the molecule is C=NC(=NC(=NCc1cc(-c2ccccc2-c2ccccc2)cc(-c2ccc(-c3nc4ccccc4c4ccncc34)c3ccccc23)c1)c1ccccc1)c1ccccc1. The third kappa shape index (κ3) is 7.41. The zero-order chi connectivity index (χ0) is 41.0. The molecule has 0 unspecified atom stereocenters. The summed E-state index contributed by atoms with van der Waals surface area (Å²) in [4.78, 5) is 24.4. The largest absolute Gasteiger partial charge is 0.264 e. The lowest BCUT2D eigenvalue weighted by Crippen LogP contribution is -2.05. The van der Waals surface area contributed by atoms with Gasteiger partial charge in [-0.05, 0) is 92.2 Å². The van der Waals surface area contributed by atoms with E-state index < -0.39 is 0 Å². The fourth-order valence-corrected chi connectivity index (χ4v) is 8.28. The maximum Gasteiger partial charge on any atom is 0.161 e. The van der Waals surface area contributed by atoms with Gasteiger partial charge in [0.2, 0.25) is 0 Å². The summed E-state index contributed by atoms with van der Waals surface area (Å²) in [5, 5.41) is 5.53. The molecule has 0 saturated heterocycles. The van der Waals surface area contributed by atoms with Gasteiger partial charge < -0.3 is 0 Å². The number of fused-ring (bicyclic) bond motifs is 4. The molecule has 61 heavy (non-hydrogen) atoms. The van der Waals surface area contributed by atoms with Crippen molar-refractivity contribution in [2.24, 2.45) is 15.0 Å². The molecule has 288 valence electrons. The Kier molecular flexibility index (Phi) is 10.1. The third-order valence-corrected chi connectivity index (χ3v) is 11.1. The highest BCUT2D eigenvalue weighted by atomic mass is 15.0. The number of hydrogen-bond donors (Lipinski definition) is 0. The highest BCUT2D eigenvalue weighted by Crippen LogP contribution is 2.41. The Hall–Kier alpha value is -8.15. The van der Waals surface area contributed by atoms with Crippen LogP contribution in [0.25, 0.3) is 77.1 Å². The van der Waals surface area contributed by atoms with Crippen LogP contribution >= 0.6 is 0 Å². The lowest BCUT2D eigenvalue weighted by Gasteiger charge is -2.17. The van der Waals surface area contributed by atoms with Gasteiger partial charge in [0.25, 0.3) is 0 Å². The number of rotatable bonds is 8. The fourth-order valence-electron chi connectivity index (χ4n) is 8.28. The minimum Gasteiger partial charge on any atom is -0.264 e. The molecule has 0 spiro atoms. The number of para-hydroxylation sites is 1. The van der Waals surface area contributed by atoms with Crippen LogP contribution < -0.4 is 0 Å². The maximum absolute atomic E-state index is 5.27. The van der Waals surface area contributed by atoms with Crippen molar-refractivity contribution in [2.75, 3.05) is 0 Å². The molecule has 0 aliphatic carbocycles. The average Bonchev–Trinajstić information content (AvgIpc) is 3.34. The van der Waals surface area contributed by atoms with Gasteiger partial charge in [-0.3, -0.25) is 9.98 Å². The van der Waals surface area contributed by atoms with Crippen LogP contribution in [0, 0.1) is 0 Å². The fraction of sp³-hybridized carbons (Fsp3) is 0.0179. The van der Waals surface area contributed by atoms with E-state index in [0.29, 0.717) is 18.2 Å². The lowest BCUT2D eigenvalue weighted by molar-refractivity contribution is 1.06. The van der Waals surface area contributed by atoms with Crippen molar-refractivity contribution in [3.63, 3.8) is 0 Å². The average molecular weight is 782 g/mol. The van der Waals surface area contributed by atoms with Gasteiger partial charge in [0, 0.05) is 39.9 Å². The van der Waals surface area contributed by atoms with Crippen LogP contribution in [0.3, 0.4) is 0 Å². The molecule has 5 heteroatoms. The first-order valence-electron chi connectivity index (χ1n) is 20.4. The quantitative estimate of drug-likeness (QED) is 0.0875. The van der Waals surface area contributed by atoms with E-state index in [1.807, 2.05) is 79.1 Å². The summed E-state index contributed by atoms with van der Waals surface area (Å²) in [6.45, 7) is 4.25. The van der Waals surface area contributed by atoms with E-state index in [-0.39, 0.29) is 0 Å². The second-order valence-electron chi connectivity index (χ2n) is 14.9. The highest BCUT2D eigenvalue weighted by Gasteiger charge is 2.17. The molecule has 8 aromatic carbocycles. The predicted octanol–water partition coefficient (Wildman–Crippen LogP) is 13.7. The van der Waals surface area contributed by atoms with Gasteiger partial charge >= 0.3 is 0 Å². The van der Waals surface area contributed by atoms with Crippen molar-refractivity contribution < 1.29 is 0 Å². The Morgan fingerprint density at radius 3 is 1.70 bits per heavy atom. The summed E-state index contributed by atoms with van der Waals surface area (Å²) in [5.74, 6) is 1.10. The molecule has 0 N–H and O–H groups in total. The first kappa shape index (κ1) is 37.1. The second-order valence-corrected chi connectivity index (χ2v) is 14.9. The Morgan fingerprint density at radius 1 is 0.443 bits per heavy atom. The van der Waals surface area contributed by atoms with E-state index >= 15 is 0 Å². The van der Waals surface area contributed by atoms with Crippen LogP contribution in [-0.4, -0.2) is 28.4 Å². The van der Waals surface area contributed by atoms with E-state index in [0.717, 1.165) is 93.8 Å². The Morgan fingerprint density at radius 2 is 1.00 bits per heavy atom. The molecule has 0 amide bonds. The summed E-state index contributed by atoms with van der Waals surface area (Å²) in [6.07, 6.45) is 3.80. The first-order valence-corrected chi connectivity index (χ1v) is 20.4. The number of amidine groups is 2. The van der Waals surface area contributed by atoms with Gasteiger partial charge in [-0.15, -0.1) is 0 Å². The summed E-state index contributed by atoms with van der Waals surface area (Å²) >= 11 is 0. The van der Waals surface area contributed by atoms with Gasteiger partial charge in [-0.1, -0.05) is 170 Å². The number of aliphatic imine (C=N–C) groups is 3. The molecule has 0 aliphatic rings. The van der Waals surface area contributed by atoms with Crippen LogP contribution in [0.4, 0.5) is 0 Å². The van der Waals surface area contributed by atoms with Crippen molar-refractivity contribution in [3.05, 3.63) is 229 Å². The van der Waals surface area contributed by atoms with Crippen LogP contribution in [0.5, 0.6) is 0 Å². The van der Waals surface area contributed by atoms with E-state index in [9.17, 15) is 0 Å². The number of pyridine rings is 2. The zero-order valence-corrected chi connectivity index (χ0v) is 33.4. The van der Waals surface area contributed by atoms with Crippen molar-refractivity contribution in [2.45, 2.75) is 6.54 Å². The molecule has 2 heterocycles. The van der Waals surface area contributed by atoms with Crippen molar-refractivity contribution in [1.82, 2.24) is 9.97 Å². The summed E-state index contributed by atoms with van der Waals surface area (Å²) < 4.78 is 0. The second kappa shape index (κ2) is 16.6. The number of aromatic nitrogens is 2. The standard InChI is InChI=1S/C56H39N5/c1-57-55(40-19-7-3-8-20-40)61-56(41-21-9-4-10-22-41)59-36-38-33-42(45-24-12-11-23-44(45)39-17-5-2-6-18-39)35-43(34-38)46-29-30-51(48-26-14-13-25-47(46)48)54-52-37-58-32-31-49(52)50-27-15-16-28-53(50)60-54/h2-35,37H,1,36H2. The minimum atomic E-state index is 0.386. The molecular formula is C56H39N5.